The predicted molar refractivity (Wildman–Crippen MR) is 85.4 cm³/mol. The zero-order chi connectivity index (χ0) is 23.5. The van der Waals surface area contributed by atoms with Crippen LogP contribution in [0.1, 0.15) is 25.3 Å². The minimum atomic E-state index is -7.15. The average Bonchev–Trinajstić information content (AvgIpc) is 3.02. The first-order valence-electron chi connectivity index (χ1n) is 7.78. The van der Waals surface area contributed by atoms with E-state index in [1.165, 1.54) is 0 Å². The van der Waals surface area contributed by atoms with Gasteiger partial charge in [-0.15, -0.1) is 11.3 Å². The molecule has 4 nitrogen and oxygen atoms in total. The molecule has 1 unspecified atom stereocenters. The first kappa shape index (κ1) is 24.7. The van der Waals surface area contributed by atoms with E-state index in [0.29, 0.717) is 11.3 Å². The van der Waals surface area contributed by atoms with Gasteiger partial charge in [-0.1, -0.05) is 5.57 Å². The molecule has 1 aromatic rings. The van der Waals surface area contributed by atoms with E-state index < -0.39 is 74.0 Å². The number of ketones is 1. The van der Waals surface area contributed by atoms with Crippen molar-refractivity contribution in [3.05, 3.63) is 22.6 Å². The van der Waals surface area contributed by atoms with Crippen molar-refractivity contribution >= 4 is 32.8 Å². The number of hydrogen-bond acceptors (Lipinski definition) is 4. The lowest BCUT2D eigenvalue weighted by atomic mass is 9.75. The number of thiophene rings is 1. The molecule has 1 aliphatic rings. The minimum Gasteiger partial charge on any atom is -0.294 e. The summed E-state index contributed by atoms with van der Waals surface area (Å²) < 4.78 is 150. The fraction of sp³-hybridized carbons (Fsp3) is 0.533. The Labute approximate surface area is 167 Å². The van der Waals surface area contributed by atoms with E-state index in [4.69, 9.17) is 4.55 Å². The molecule has 0 radical (unpaired) electrons. The standard InChI is InChI=1S/C15H11F9O4S2/c1-6-2-3-8(12(16,17)13(18,19)14(20,21)15(22,23)24)10(25)9(6)7-4-5-29-11(7)30(26,27)28/h4-5,8H,2-3H2,1H3,(H,26,27,28). The van der Waals surface area contributed by atoms with Crippen LogP contribution in [-0.4, -0.2) is 42.7 Å². The highest BCUT2D eigenvalue weighted by atomic mass is 32.3. The van der Waals surface area contributed by atoms with Gasteiger partial charge >= 0.3 is 34.1 Å². The summed E-state index contributed by atoms with van der Waals surface area (Å²) in [4.78, 5) is 12.5. The molecular formula is C15H11F9O4S2. The molecule has 1 heterocycles. The van der Waals surface area contributed by atoms with Gasteiger partial charge in [0.1, 0.15) is 0 Å². The minimum absolute atomic E-state index is 0.0961. The Balaban J connectivity index is 2.59. The van der Waals surface area contributed by atoms with E-state index in [1.54, 1.807) is 0 Å². The van der Waals surface area contributed by atoms with Gasteiger partial charge in [0.25, 0.3) is 0 Å². The van der Waals surface area contributed by atoms with Crippen LogP contribution in [0, 0.1) is 5.92 Å². The topological polar surface area (TPSA) is 71.4 Å². The zero-order valence-corrected chi connectivity index (χ0v) is 16.2. The first-order valence-corrected chi connectivity index (χ1v) is 10.1. The van der Waals surface area contributed by atoms with Gasteiger partial charge in [0.2, 0.25) is 0 Å². The summed E-state index contributed by atoms with van der Waals surface area (Å²) in [6.45, 7) is 1.13. The Morgan fingerprint density at radius 3 is 2.03 bits per heavy atom. The molecule has 0 aromatic carbocycles. The van der Waals surface area contributed by atoms with Gasteiger partial charge in [-0.25, -0.2) is 0 Å². The Morgan fingerprint density at radius 2 is 1.57 bits per heavy atom. The summed E-state index contributed by atoms with van der Waals surface area (Å²) in [7, 11) is -4.98. The van der Waals surface area contributed by atoms with Crippen LogP contribution in [0.25, 0.3) is 5.57 Å². The quantitative estimate of drug-likeness (QED) is 0.454. The smallest absolute Gasteiger partial charge is 0.294 e. The molecule has 1 N–H and O–H groups in total. The molecule has 1 aliphatic carbocycles. The van der Waals surface area contributed by atoms with Crippen LogP contribution >= 0.6 is 11.3 Å². The molecule has 15 heteroatoms. The van der Waals surface area contributed by atoms with Crippen molar-refractivity contribution in [3.8, 4) is 0 Å². The molecule has 170 valence electrons. The van der Waals surface area contributed by atoms with Crippen LogP contribution < -0.4 is 0 Å². The second-order valence-electron chi connectivity index (χ2n) is 6.48. The maximum Gasteiger partial charge on any atom is 0.460 e. The Hall–Kier alpha value is -1.61. The van der Waals surface area contributed by atoms with Crippen molar-refractivity contribution in [2.75, 3.05) is 0 Å². The molecule has 0 spiro atoms. The summed E-state index contributed by atoms with van der Waals surface area (Å²) >= 11 is 0.347. The van der Waals surface area contributed by atoms with E-state index in [-0.39, 0.29) is 5.57 Å². The summed E-state index contributed by atoms with van der Waals surface area (Å²) in [6, 6.07) is 0.882. The molecule has 0 amide bonds. The van der Waals surface area contributed by atoms with Crippen molar-refractivity contribution in [1.29, 1.82) is 0 Å². The lowest BCUT2D eigenvalue weighted by Crippen LogP contribution is -2.64. The molecule has 1 atom stereocenters. The van der Waals surface area contributed by atoms with E-state index in [9.17, 15) is 52.7 Å². The van der Waals surface area contributed by atoms with Crippen molar-refractivity contribution in [3.63, 3.8) is 0 Å². The monoisotopic (exact) mass is 490 g/mol. The fourth-order valence-electron chi connectivity index (χ4n) is 3.00. The number of hydrogen-bond donors (Lipinski definition) is 1. The maximum atomic E-state index is 14.3. The van der Waals surface area contributed by atoms with Gasteiger partial charge in [0.05, 0.1) is 5.92 Å². The highest BCUT2D eigenvalue weighted by Crippen LogP contribution is 2.57. The number of allylic oxidation sites excluding steroid dienone is 2. The number of carbonyl (C=O) groups excluding carboxylic acids is 1. The molecule has 1 aromatic heterocycles. The van der Waals surface area contributed by atoms with Gasteiger partial charge < -0.3 is 0 Å². The van der Waals surface area contributed by atoms with E-state index in [0.717, 1.165) is 18.4 Å². The largest absolute Gasteiger partial charge is 0.460 e. The Bertz CT molecular complexity index is 990. The maximum absolute atomic E-state index is 14.3. The van der Waals surface area contributed by atoms with Crippen molar-refractivity contribution in [1.82, 2.24) is 0 Å². The summed E-state index contributed by atoms with van der Waals surface area (Å²) in [6.07, 6.45) is -8.82. The van der Waals surface area contributed by atoms with E-state index >= 15 is 0 Å². The zero-order valence-electron chi connectivity index (χ0n) is 14.5. The number of rotatable bonds is 5. The lowest BCUT2D eigenvalue weighted by molar-refractivity contribution is -0.401. The van der Waals surface area contributed by atoms with Gasteiger partial charge in [0.15, 0.2) is 9.99 Å². The third-order valence-electron chi connectivity index (χ3n) is 4.54. The number of carbonyl (C=O) groups is 1. The van der Waals surface area contributed by atoms with Gasteiger partial charge in [0, 0.05) is 11.1 Å². The van der Waals surface area contributed by atoms with Crippen LogP contribution in [0.2, 0.25) is 0 Å². The lowest BCUT2D eigenvalue weighted by Gasteiger charge is -2.38. The number of halogens is 9. The van der Waals surface area contributed by atoms with Crippen LogP contribution in [-0.2, 0) is 14.9 Å². The van der Waals surface area contributed by atoms with Gasteiger partial charge in [-0.2, -0.15) is 47.9 Å². The van der Waals surface area contributed by atoms with E-state index in [2.05, 4.69) is 0 Å². The fourth-order valence-corrected chi connectivity index (χ4v) is 4.72. The molecule has 0 bridgehead atoms. The Kier molecular flexibility index (Phi) is 5.94. The normalized spacial score (nSPS) is 20.1. The molecule has 0 saturated heterocycles. The first-order chi connectivity index (χ1) is 13.3. The molecule has 0 aliphatic heterocycles. The van der Waals surface area contributed by atoms with Crippen LogP contribution in [0.5, 0.6) is 0 Å². The summed E-state index contributed by atoms with van der Waals surface area (Å²) in [5.41, 5.74) is -1.61. The van der Waals surface area contributed by atoms with Crippen LogP contribution in [0.4, 0.5) is 39.5 Å². The van der Waals surface area contributed by atoms with E-state index in [1.807, 2.05) is 0 Å². The number of alkyl halides is 9. The second kappa shape index (κ2) is 7.22. The Morgan fingerprint density at radius 1 is 1.03 bits per heavy atom. The van der Waals surface area contributed by atoms with Gasteiger partial charge in [-0.3, -0.25) is 9.35 Å². The SMILES string of the molecule is CC1=C(c2ccsc2S(=O)(=O)O)C(=O)C(C(F)(F)C(F)(F)C(F)(F)C(F)(F)F)CC1. The van der Waals surface area contributed by atoms with Gasteiger partial charge in [-0.05, 0) is 31.2 Å². The average molecular weight is 490 g/mol. The van der Waals surface area contributed by atoms with Crippen molar-refractivity contribution < 1.29 is 57.3 Å². The third-order valence-corrected chi connectivity index (χ3v) is 6.85. The molecule has 0 saturated carbocycles. The molecule has 2 rings (SSSR count). The highest BCUT2D eigenvalue weighted by Gasteiger charge is 2.83. The van der Waals surface area contributed by atoms with Crippen molar-refractivity contribution in [2.24, 2.45) is 5.92 Å². The van der Waals surface area contributed by atoms with Crippen LogP contribution in [0.15, 0.2) is 21.2 Å². The predicted octanol–water partition coefficient (Wildman–Crippen LogP) is 5.22. The highest BCUT2D eigenvalue weighted by molar-refractivity contribution is 7.88. The number of Topliss-reactive ketones (excluding diaryl/α,β-unsaturated/α-hetero) is 1. The summed E-state index contributed by atoms with van der Waals surface area (Å²) in [5.74, 6) is -25.5. The molecule has 30 heavy (non-hydrogen) atoms. The third kappa shape index (κ3) is 3.64. The molecular weight excluding hydrogens is 479 g/mol. The molecule has 0 fully saturated rings. The second-order valence-corrected chi connectivity index (χ2v) is 9.01. The van der Waals surface area contributed by atoms with Crippen LogP contribution in [0.3, 0.4) is 0 Å². The van der Waals surface area contributed by atoms with Crippen molar-refractivity contribution in [2.45, 2.75) is 47.9 Å². The summed E-state index contributed by atoms with van der Waals surface area (Å²) in [5, 5.41) is 1.01.